The van der Waals surface area contributed by atoms with Gasteiger partial charge in [-0.3, -0.25) is 0 Å². The van der Waals surface area contributed by atoms with Gasteiger partial charge in [0.15, 0.2) is 11.6 Å². The fourth-order valence-corrected chi connectivity index (χ4v) is 1.35. The van der Waals surface area contributed by atoms with Crippen LogP contribution in [0.5, 0.6) is 5.75 Å². The molecule has 0 bridgehead atoms. The SMILES string of the molecule is Fc1cccc(Br)c1OC(Cl)(Cl)Cl. The zero-order valence-electron chi connectivity index (χ0n) is 6.03. The molecule has 0 aliphatic heterocycles. The van der Waals surface area contributed by atoms with Crippen LogP contribution in [0.15, 0.2) is 22.7 Å². The molecule has 1 nitrogen and oxygen atoms in total. The van der Waals surface area contributed by atoms with Gasteiger partial charge in [-0.2, -0.15) is 0 Å². The quantitative estimate of drug-likeness (QED) is 0.703. The molecule has 0 amide bonds. The number of hydrogen-bond acceptors (Lipinski definition) is 1. The molecule has 0 aliphatic carbocycles. The third-order valence-corrected chi connectivity index (χ3v) is 1.99. The summed E-state index contributed by atoms with van der Waals surface area (Å²) in [7, 11) is 0. The smallest absolute Gasteiger partial charge is 0.338 e. The van der Waals surface area contributed by atoms with Crippen molar-refractivity contribution in [1.82, 2.24) is 0 Å². The zero-order chi connectivity index (χ0) is 10.1. The maximum absolute atomic E-state index is 13.0. The van der Waals surface area contributed by atoms with Crippen molar-refractivity contribution in [2.75, 3.05) is 0 Å². The minimum atomic E-state index is -1.97. The van der Waals surface area contributed by atoms with Crippen molar-refractivity contribution in [3.63, 3.8) is 0 Å². The Hall–Kier alpha value is 0.300. The predicted molar refractivity (Wildman–Crippen MR) is 55.0 cm³/mol. The first kappa shape index (κ1) is 11.4. The Bertz CT molecular complexity index is 293. The molecule has 6 heteroatoms. The molecule has 0 saturated heterocycles. The fraction of sp³-hybridized carbons (Fsp3) is 0.143. The van der Waals surface area contributed by atoms with Gasteiger partial charge in [0.1, 0.15) is 0 Å². The van der Waals surface area contributed by atoms with Crippen LogP contribution in [0.25, 0.3) is 0 Å². The van der Waals surface area contributed by atoms with E-state index in [-0.39, 0.29) is 5.75 Å². The molecular formula is C7H3BrCl3FO. The number of hydrogen-bond donors (Lipinski definition) is 0. The molecule has 0 N–H and O–H groups in total. The summed E-state index contributed by atoms with van der Waals surface area (Å²) in [6.45, 7) is 0. The third-order valence-electron chi connectivity index (χ3n) is 1.14. The number of rotatable bonds is 1. The lowest BCUT2D eigenvalue weighted by Gasteiger charge is -2.15. The van der Waals surface area contributed by atoms with E-state index in [1.807, 2.05) is 0 Å². The Morgan fingerprint density at radius 1 is 1.31 bits per heavy atom. The van der Waals surface area contributed by atoms with Gasteiger partial charge in [0.25, 0.3) is 0 Å². The van der Waals surface area contributed by atoms with Crippen LogP contribution in [-0.2, 0) is 0 Å². The first-order chi connectivity index (χ1) is 5.90. The number of alkyl halides is 3. The second-order valence-corrected chi connectivity index (χ2v) is 5.13. The van der Waals surface area contributed by atoms with E-state index in [0.717, 1.165) is 0 Å². The molecule has 0 atom stereocenters. The standard InChI is InChI=1S/C7H3BrCl3FO/c8-4-2-1-3-5(12)6(4)13-7(9,10)11/h1-3H. The highest BCUT2D eigenvalue weighted by molar-refractivity contribution is 9.10. The lowest BCUT2D eigenvalue weighted by molar-refractivity contribution is 0.301. The van der Waals surface area contributed by atoms with Gasteiger partial charge < -0.3 is 4.74 Å². The summed E-state index contributed by atoms with van der Waals surface area (Å²) in [4.78, 5) is 0. The van der Waals surface area contributed by atoms with Gasteiger partial charge in [0, 0.05) is 0 Å². The Labute approximate surface area is 97.9 Å². The summed E-state index contributed by atoms with van der Waals surface area (Å²) in [5.41, 5.74) is 0. The van der Waals surface area contributed by atoms with Gasteiger partial charge in [-0.05, 0) is 62.9 Å². The molecule has 0 spiro atoms. The Morgan fingerprint density at radius 3 is 2.38 bits per heavy atom. The highest BCUT2D eigenvalue weighted by Crippen LogP contribution is 2.36. The van der Waals surface area contributed by atoms with Crippen LogP contribution in [0.3, 0.4) is 0 Å². The number of ether oxygens (including phenoxy) is 1. The summed E-state index contributed by atoms with van der Waals surface area (Å²) in [6.07, 6.45) is 0. The van der Waals surface area contributed by atoms with Gasteiger partial charge in [-0.1, -0.05) is 6.07 Å². The number of halogens is 5. The minimum absolute atomic E-state index is 0.123. The molecule has 13 heavy (non-hydrogen) atoms. The third kappa shape index (κ3) is 3.50. The summed E-state index contributed by atoms with van der Waals surface area (Å²) in [5.74, 6) is -0.719. The molecule has 1 aromatic carbocycles. The first-order valence-electron chi connectivity index (χ1n) is 3.10. The molecule has 0 aromatic heterocycles. The van der Waals surface area contributed by atoms with Crippen LogP contribution in [0.2, 0.25) is 0 Å². The lowest BCUT2D eigenvalue weighted by atomic mass is 10.3. The average Bonchev–Trinajstić information content (AvgIpc) is 1.95. The summed E-state index contributed by atoms with van der Waals surface area (Å²) in [5, 5.41) is 0. The van der Waals surface area contributed by atoms with Gasteiger partial charge in [0.05, 0.1) is 4.47 Å². The minimum Gasteiger partial charge on any atom is -0.441 e. The number of benzene rings is 1. The topological polar surface area (TPSA) is 9.23 Å². The molecule has 0 fully saturated rings. The molecule has 0 heterocycles. The number of para-hydroxylation sites is 1. The highest BCUT2D eigenvalue weighted by Gasteiger charge is 2.24. The normalized spacial score (nSPS) is 11.5. The first-order valence-corrected chi connectivity index (χ1v) is 5.02. The predicted octanol–water partition coefficient (Wildman–Crippen LogP) is 4.29. The van der Waals surface area contributed by atoms with Crippen LogP contribution in [0.1, 0.15) is 0 Å². The van der Waals surface area contributed by atoms with Crippen LogP contribution in [0.4, 0.5) is 4.39 Å². The Morgan fingerprint density at radius 2 is 1.92 bits per heavy atom. The van der Waals surface area contributed by atoms with E-state index in [2.05, 4.69) is 15.9 Å². The second kappa shape index (κ2) is 4.22. The van der Waals surface area contributed by atoms with E-state index in [1.165, 1.54) is 12.1 Å². The molecule has 1 aromatic rings. The Kier molecular flexibility index (Phi) is 3.69. The van der Waals surface area contributed by atoms with Crippen LogP contribution in [-0.4, -0.2) is 3.98 Å². The second-order valence-electron chi connectivity index (χ2n) is 2.10. The van der Waals surface area contributed by atoms with Crippen LogP contribution >= 0.6 is 50.7 Å². The lowest BCUT2D eigenvalue weighted by Crippen LogP contribution is -2.13. The van der Waals surface area contributed by atoms with Gasteiger partial charge in [-0.15, -0.1) is 0 Å². The van der Waals surface area contributed by atoms with E-state index >= 15 is 0 Å². The largest absolute Gasteiger partial charge is 0.441 e. The van der Waals surface area contributed by atoms with E-state index in [1.54, 1.807) is 6.07 Å². The maximum Gasteiger partial charge on any atom is 0.338 e. The molecule has 72 valence electrons. The van der Waals surface area contributed by atoms with Crippen molar-refractivity contribution in [2.24, 2.45) is 0 Å². The summed E-state index contributed by atoms with van der Waals surface area (Å²) in [6, 6.07) is 4.29. The molecular weight excluding hydrogens is 305 g/mol. The van der Waals surface area contributed by atoms with Crippen LogP contribution in [0, 0.1) is 5.82 Å². The average molecular weight is 308 g/mol. The molecule has 0 saturated carbocycles. The highest BCUT2D eigenvalue weighted by atomic mass is 79.9. The van der Waals surface area contributed by atoms with Crippen molar-refractivity contribution < 1.29 is 9.13 Å². The van der Waals surface area contributed by atoms with Gasteiger partial charge in [0.2, 0.25) is 0 Å². The summed E-state index contributed by atoms with van der Waals surface area (Å²) >= 11 is 19.1. The van der Waals surface area contributed by atoms with Crippen molar-refractivity contribution in [2.45, 2.75) is 3.98 Å². The van der Waals surface area contributed by atoms with Gasteiger partial charge >= 0.3 is 3.98 Å². The van der Waals surface area contributed by atoms with Crippen molar-refractivity contribution in [3.05, 3.63) is 28.5 Å². The fourth-order valence-electron chi connectivity index (χ4n) is 0.696. The van der Waals surface area contributed by atoms with Crippen molar-refractivity contribution in [3.8, 4) is 5.75 Å². The zero-order valence-corrected chi connectivity index (χ0v) is 9.88. The molecule has 1 rings (SSSR count). The monoisotopic (exact) mass is 306 g/mol. The van der Waals surface area contributed by atoms with E-state index < -0.39 is 9.80 Å². The molecule has 0 aliphatic rings. The summed E-state index contributed by atoms with van der Waals surface area (Å²) < 4.78 is 16.2. The van der Waals surface area contributed by atoms with E-state index in [4.69, 9.17) is 39.5 Å². The van der Waals surface area contributed by atoms with Crippen molar-refractivity contribution in [1.29, 1.82) is 0 Å². The van der Waals surface area contributed by atoms with Crippen molar-refractivity contribution >= 4 is 50.7 Å². The Balaban J connectivity index is 3.00. The molecule has 0 unspecified atom stereocenters. The van der Waals surface area contributed by atoms with E-state index in [0.29, 0.717) is 4.47 Å². The maximum atomic E-state index is 13.0. The van der Waals surface area contributed by atoms with E-state index in [9.17, 15) is 4.39 Å². The molecule has 0 radical (unpaired) electrons. The van der Waals surface area contributed by atoms with Gasteiger partial charge in [-0.25, -0.2) is 4.39 Å². The van der Waals surface area contributed by atoms with Crippen LogP contribution < -0.4 is 4.74 Å².